The Labute approximate surface area is 200 Å². The second kappa shape index (κ2) is 10.4. The van der Waals surface area contributed by atoms with Crippen LogP contribution in [0.15, 0.2) is 57.9 Å². The van der Waals surface area contributed by atoms with Crippen LogP contribution in [0.2, 0.25) is 0 Å². The molecule has 7 nitrogen and oxygen atoms in total. The fourth-order valence-electron chi connectivity index (χ4n) is 4.24. The number of hydrogen-bond acceptors (Lipinski definition) is 6. The van der Waals surface area contributed by atoms with Gasteiger partial charge in [0.25, 0.3) is 10.0 Å². The largest absolute Gasteiger partial charge is 0.456 e. The van der Waals surface area contributed by atoms with E-state index in [9.17, 15) is 13.7 Å². The molecule has 0 spiro atoms. The summed E-state index contributed by atoms with van der Waals surface area (Å²) in [5, 5.41) is 11.8. The second-order valence-corrected chi connectivity index (χ2v) is 10.1. The molecule has 1 fully saturated rings. The summed E-state index contributed by atoms with van der Waals surface area (Å²) in [5.74, 6) is 0.947. The zero-order valence-corrected chi connectivity index (χ0v) is 20.3. The molecular weight excluding hydrogens is 450 g/mol. The number of allylic oxidation sites excluding steroid dienone is 2. The number of nitriles is 1. The first-order valence-electron chi connectivity index (χ1n) is 11.4. The van der Waals surface area contributed by atoms with Gasteiger partial charge in [-0.05, 0) is 67.3 Å². The van der Waals surface area contributed by atoms with Crippen LogP contribution >= 0.6 is 0 Å². The van der Waals surface area contributed by atoms with Crippen molar-refractivity contribution in [2.24, 2.45) is 0 Å². The molecule has 0 bridgehead atoms. The standard InChI is InChI=1S/C26H29N3O4S/c1-19(26(18-27)34(30,31)28-12-15-32-2)24-10-11-25(33-24)22-7-6-21-17-23(9-8-20(21)16-22)29-13-4-3-5-14-29/h6-11,16-17,28H,3-5,12-15H2,1-2H3/b26-19+. The highest BCUT2D eigenvalue weighted by molar-refractivity contribution is 7.93. The first-order valence-corrected chi connectivity index (χ1v) is 12.9. The first kappa shape index (κ1) is 24.0. The normalized spacial score (nSPS) is 15.3. The van der Waals surface area contributed by atoms with Crippen molar-refractivity contribution in [1.29, 1.82) is 5.26 Å². The minimum atomic E-state index is -3.97. The van der Waals surface area contributed by atoms with E-state index in [4.69, 9.17) is 9.15 Å². The molecule has 0 saturated carbocycles. The predicted molar refractivity (Wildman–Crippen MR) is 135 cm³/mol. The van der Waals surface area contributed by atoms with Crippen LogP contribution in [0.3, 0.4) is 0 Å². The zero-order valence-electron chi connectivity index (χ0n) is 19.5. The van der Waals surface area contributed by atoms with Crippen molar-refractivity contribution in [3.8, 4) is 17.4 Å². The van der Waals surface area contributed by atoms with Gasteiger partial charge in [0.05, 0.1) is 6.61 Å². The molecule has 1 saturated heterocycles. The number of ether oxygens (including phenoxy) is 1. The SMILES string of the molecule is COCCNS(=O)(=O)/C(C#N)=C(\C)c1ccc(-c2ccc3cc(N4CCCCC4)ccc3c2)o1. The molecule has 1 aliphatic heterocycles. The van der Waals surface area contributed by atoms with E-state index in [0.29, 0.717) is 11.5 Å². The average molecular weight is 480 g/mol. The van der Waals surface area contributed by atoms with Gasteiger partial charge in [0.15, 0.2) is 4.91 Å². The summed E-state index contributed by atoms with van der Waals surface area (Å²) >= 11 is 0. The Morgan fingerprint density at radius 1 is 1.09 bits per heavy atom. The zero-order chi connectivity index (χ0) is 24.1. The number of piperidine rings is 1. The molecule has 1 aliphatic rings. The van der Waals surface area contributed by atoms with Crippen molar-refractivity contribution in [1.82, 2.24) is 4.72 Å². The van der Waals surface area contributed by atoms with Crippen molar-refractivity contribution in [2.45, 2.75) is 26.2 Å². The lowest BCUT2D eigenvalue weighted by molar-refractivity contribution is 0.204. The van der Waals surface area contributed by atoms with Crippen LogP contribution in [0.4, 0.5) is 5.69 Å². The fraction of sp³-hybridized carbons (Fsp3) is 0.346. The molecule has 0 radical (unpaired) electrons. The van der Waals surface area contributed by atoms with Gasteiger partial charge in [-0.1, -0.05) is 18.2 Å². The summed E-state index contributed by atoms with van der Waals surface area (Å²) in [6.45, 7) is 4.07. The van der Waals surface area contributed by atoms with E-state index in [-0.39, 0.29) is 23.6 Å². The van der Waals surface area contributed by atoms with E-state index >= 15 is 0 Å². The maximum Gasteiger partial charge on any atom is 0.251 e. The number of rotatable bonds is 8. The van der Waals surface area contributed by atoms with Gasteiger partial charge >= 0.3 is 0 Å². The van der Waals surface area contributed by atoms with E-state index in [2.05, 4.69) is 40.0 Å². The number of nitrogens with one attached hydrogen (secondary N) is 1. The van der Waals surface area contributed by atoms with Crippen LogP contribution in [0.25, 0.3) is 27.7 Å². The molecule has 0 amide bonds. The van der Waals surface area contributed by atoms with E-state index in [1.807, 2.05) is 6.07 Å². The summed E-state index contributed by atoms with van der Waals surface area (Å²) in [6.07, 6.45) is 3.78. The third-order valence-corrected chi connectivity index (χ3v) is 7.63. The molecule has 8 heteroatoms. The van der Waals surface area contributed by atoms with Gasteiger partial charge in [-0.2, -0.15) is 5.26 Å². The van der Waals surface area contributed by atoms with Gasteiger partial charge in [0.1, 0.15) is 17.6 Å². The molecule has 0 unspecified atom stereocenters. The van der Waals surface area contributed by atoms with Crippen molar-refractivity contribution < 1.29 is 17.6 Å². The first-order chi connectivity index (χ1) is 16.4. The van der Waals surface area contributed by atoms with Gasteiger partial charge in [-0.3, -0.25) is 0 Å². The molecule has 4 rings (SSSR count). The molecule has 1 aromatic heterocycles. The van der Waals surface area contributed by atoms with Gasteiger partial charge in [0, 0.05) is 43.6 Å². The molecule has 3 aromatic rings. The Morgan fingerprint density at radius 2 is 1.82 bits per heavy atom. The Balaban J connectivity index is 1.59. The van der Waals surface area contributed by atoms with Crippen LogP contribution in [0.1, 0.15) is 31.9 Å². The van der Waals surface area contributed by atoms with Gasteiger partial charge in [0.2, 0.25) is 0 Å². The van der Waals surface area contributed by atoms with Crippen molar-refractivity contribution in [3.63, 3.8) is 0 Å². The van der Waals surface area contributed by atoms with Gasteiger partial charge in [-0.15, -0.1) is 0 Å². The smallest absolute Gasteiger partial charge is 0.251 e. The number of sulfonamides is 1. The molecule has 1 N–H and O–H groups in total. The van der Waals surface area contributed by atoms with Crippen molar-refractivity contribution >= 4 is 32.1 Å². The molecule has 0 atom stereocenters. The second-order valence-electron chi connectivity index (χ2n) is 8.41. The highest BCUT2D eigenvalue weighted by atomic mass is 32.2. The number of fused-ring (bicyclic) bond motifs is 1. The Kier molecular flexibility index (Phi) is 7.37. The minimum absolute atomic E-state index is 0.0806. The summed E-state index contributed by atoms with van der Waals surface area (Å²) in [6, 6.07) is 17.9. The average Bonchev–Trinajstić information content (AvgIpc) is 3.35. The van der Waals surface area contributed by atoms with Gasteiger partial charge in [-0.25, -0.2) is 13.1 Å². The molecule has 34 heavy (non-hydrogen) atoms. The lowest BCUT2D eigenvalue weighted by Gasteiger charge is -2.29. The Bertz CT molecular complexity index is 1350. The topological polar surface area (TPSA) is 95.6 Å². The van der Waals surface area contributed by atoms with Crippen LogP contribution in [-0.2, 0) is 14.8 Å². The maximum atomic E-state index is 12.5. The maximum absolute atomic E-state index is 12.5. The number of furan rings is 1. The number of methoxy groups -OCH3 is 1. The number of benzene rings is 2. The third kappa shape index (κ3) is 5.17. The summed E-state index contributed by atoms with van der Waals surface area (Å²) in [4.78, 5) is 2.07. The summed E-state index contributed by atoms with van der Waals surface area (Å²) in [7, 11) is -2.49. The lowest BCUT2D eigenvalue weighted by atomic mass is 10.0. The van der Waals surface area contributed by atoms with E-state index < -0.39 is 10.0 Å². The Hall–Kier alpha value is -3.12. The minimum Gasteiger partial charge on any atom is -0.456 e. The third-order valence-electron chi connectivity index (χ3n) is 6.11. The van der Waals surface area contributed by atoms with E-state index in [0.717, 1.165) is 29.4 Å². The predicted octanol–water partition coefficient (Wildman–Crippen LogP) is 4.91. The van der Waals surface area contributed by atoms with Crippen LogP contribution < -0.4 is 9.62 Å². The number of nitrogens with zero attached hydrogens (tertiary/aromatic N) is 2. The number of anilines is 1. The van der Waals surface area contributed by atoms with E-state index in [1.54, 1.807) is 25.1 Å². The van der Waals surface area contributed by atoms with Crippen LogP contribution in [0.5, 0.6) is 0 Å². The molecule has 2 heterocycles. The Morgan fingerprint density at radius 3 is 2.56 bits per heavy atom. The van der Waals surface area contributed by atoms with Crippen molar-refractivity contribution in [3.05, 3.63) is 59.2 Å². The highest BCUT2D eigenvalue weighted by Gasteiger charge is 2.22. The highest BCUT2D eigenvalue weighted by Crippen LogP contribution is 2.32. The fourth-order valence-corrected chi connectivity index (χ4v) is 5.36. The van der Waals surface area contributed by atoms with E-state index in [1.165, 1.54) is 32.1 Å². The molecule has 178 valence electrons. The van der Waals surface area contributed by atoms with Crippen LogP contribution in [0, 0.1) is 11.3 Å². The summed E-state index contributed by atoms with van der Waals surface area (Å²) < 4.78 is 38.3. The van der Waals surface area contributed by atoms with Crippen molar-refractivity contribution in [2.75, 3.05) is 38.3 Å². The number of hydrogen-bond donors (Lipinski definition) is 1. The lowest BCUT2D eigenvalue weighted by Crippen LogP contribution is -2.29. The van der Waals surface area contributed by atoms with Gasteiger partial charge < -0.3 is 14.1 Å². The molecular formula is C26H29N3O4S. The quantitative estimate of drug-likeness (QED) is 0.364. The van der Waals surface area contributed by atoms with Crippen LogP contribution in [-0.4, -0.2) is 41.8 Å². The monoisotopic (exact) mass is 479 g/mol. The molecule has 2 aromatic carbocycles. The molecule has 0 aliphatic carbocycles. The summed E-state index contributed by atoms with van der Waals surface area (Å²) in [5.41, 5.74) is 2.40.